The number of esters is 3. The van der Waals surface area contributed by atoms with E-state index < -0.39 is 6.10 Å². The molecule has 0 saturated carbocycles. The second kappa shape index (κ2) is 59.9. The molecule has 1 unspecified atom stereocenters. The molecule has 0 aromatic heterocycles. The van der Waals surface area contributed by atoms with Crippen LogP contribution in [0.4, 0.5) is 0 Å². The van der Waals surface area contributed by atoms with E-state index in [1.807, 2.05) is 0 Å². The Hall–Kier alpha value is -2.63. The molecule has 0 aliphatic carbocycles. The average Bonchev–Trinajstić information content (AvgIpc) is 3.37. The topological polar surface area (TPSA) is 78.9 Å². The van der Waals surface area contributed by atoms with E-state index in [1.54, 1.807) is 0 Å². The van der Waals surface area contributed by atoms with Crippen molar-refractivity contribution in [2.75, 3.05) is 13.2 Å². The van der Waals surface area contributed by atoms with Crippen molar-refractivity contribution < 1.29 is 28.6 Å². The molecule has 0 radical (unpaired) electrons. The van der Waals surface area contributed by atoms with Crippen LogP contribution in [0.3, 0.4) is 0 Å². The minimum absolute atomic E-state index is 0.0725. The summed E-state index contributed by atoms with van der Waals surface area (Å²) >= 11 is 0. The lowest BCUT2D eigenvalue weighted by atomic mass is 10.0. The number of hydrogen-bond acceptors (Lipinski definition) is 6. The zero-order chi connectivity index (χ0) is 51.4. The minimum Gasteiger partial charge on any atom is -0.462 e. The number of ether oxygens (including phenoxy) is 3. The quantitative estimate of drug-likeness (QED) is 0.0261. The van der Waals surface area contributed by atoms with Gasteiger partial charge >= 0.3 is 17.9 Å². The fourth-order valence-electron chi connectivity index (χ4n) is 9.09. The molecule has 0 saturated heterocycles. The number of carbonyl (C=O) groups excluding carboxylic acids is 3. The molecule has 0 aliphatic heterocycles. The molecule has 0 amide bonds. The molecule has 0 spiro atoms. The Bertz CT molecular complexity index is 1230. The summed E-state index contributed by atoms with van der Waals surface area (Å²) < 4.78 is 16.9. The van der Waals surface area contributed by atoms with Gasteiger partial charge in [-0.05, 0) is 83.5 Å². The van der Waals surface area contributed by atoms with E-state index in [9.17, 15) is 14.4 Å². The average molecular weight is 996 g/mol. The summed E-state index contributed by atoms with van der Waals surface area (Å²) in [7, 11) is 0. The van der Waals surface area contributed by atoms with Crippen LogP contribution in [0.2, 0.25) is 0 Å². The van der Waals surface area contributed by atoms with Crippen molar-refractivity contribution in [1.29, 1.82) is 0 Å². The van der Waals surface area contributed by atoms with Crippen LogP contribution in [0, 0.1) is 0 Å². The zero-order valence-corrected chi connectivity index (χ0v) is 47.5. The predicted octanol–water partition coefficient (Wildman–Crippen LogP) is 21.0. The Kier molecular flexibility index (Phi) is 57.7. The summed E-state index contributed by atoms with van der Waals surface area (Å²) in [6, 6.07) is 0. The molecule has 414 valence electrons. The van der Waals surface area contributed by atoms with Crippen LogP contribution in [-0.2, 0) is 28.6 Å². The van der Waals surface area contributed by atoms with Gasteiger partial charge in [0, 0.05) is 19.3 Å². The zero-order valence-electron chi connectivity index (χ0n) is 47.5. The Morgan fingerprint density at radius 1 is 0.282 bits per heavy atom. The summed E-state index contributed by atoms with van der Waals surface area (Å²) in [4.78, 5) is 38.3. The molecule has 0 aliphatic rings. The van der Waals surface area contributed by atoms with E-state index in [0.717, 1.165) is 70.6 Å². The van der Waals surface area contributed by atoms with Crippen LogP contribution in [0.15, 0.2) is 48.6 Å². The van der Waals surface area contributed by atoms with E-state index in [4.69, 9.17) is 14.2 Å². The van der Waals surface area contributed by atoms with Crippen molar-refractivity contribution in [3.63, 3.8) is 0 Å². The molecule has 0 heterocycles. The van der Waals surface area contributed by atoms with Gasteiger partial charge in [0.25, 0.3) is 0 Å². The molecular formula is C65H118O6. The fourth-order valence-corrected chi connectivity index (χ4v) is 9.09. The maximum Gasteiger partial charge on any atom is 0.306 e. The number of rotatable bonds is 57. The highest BCUT2D eigenvalue weighted by atomic mass is 16.6. The molecule has 0 aromatic carbocycles. The van der Waals surface area contributed by atoms with Gasteiger partial charge in [0.05, 0.1) is 0 Å². The van der Waals surface area contributed by atoms with Crippen molar-refractivity contribution in [2.24, 2.45) is 0 Å². The number of carbonyl (C=O) groups is 3. The molecule has 6 heteroatoms. The molecule has 0 aromatic rings. The molecule has 6 nitrogen and oxygen atoms in total. The van der Waals surface area contributed by atoms with E-state index in [-0.39, 0.29) is 31.1 Å². The molecule has 1 atom stereocenters. The van der Waals surface area contributed by atoms with Gasteiger partial charge in [-0.2, -0.15) is 0 Å². The van der Waals surface area contributed by atoms with Crippen molar-refractivity contribution in [3.8, 4) is 0 Å². The van der Waals surface area contributed by atoms with Crippen LogP contribution in [0.5, 0.6) is 0 Å². The van der Waals surface area contributed by atoms with Crippen molar-refractivity contribution in [3.05, 3.63) is 48.6 Å². The van der Waals surface area contributed by atoms with Gasteiger partial charge < -0.3 is 14.2 Å². The first-order valence-electron chi connectivity index (χ1n) is 31.1. The lowest BCUT2D eigenvalue weighted by molar-refractivity contribution is -0.167. The Labute approximate surface area is 441 Å². The SMILES string of the molecule is CCCCC/C=C\C/C=C\CCCCCCCCCCCC(=O)OCC(COC(=O)CCCCCCCCCCCCCCCCC)OC(=O)CCCCCCCCCCC/C=C\C/C=C\CCCCC. The van der Waals surface area contributed by atoms with Crippen LogP contribution in [0.25, 0.3) is 0 Å². The first-order valence-corrected chi connectivity index (χ1v) is 31.1. The highest BCUT2D eigenvalue weighted by Crippen LogP contribution is 2.17. The van der Waals surface area contributed by atoms with E-state index in [2.05, 4.69) is 69.4 Å². The van der Waals surface area contributed by atoms with Crippen LogP contribution < -0.4 is 0 Å². The van der Waals surface area contributed by atoms with Gasteiger partial charge in [-0.15, -0.1) is 0 Å². The monoisotopic (exact) mass is 995 g/mol. The Morgan fingerprint density at radius 2 is 0.507 bits per heavy atom. The van der Waals surface area contributed by atoms with E-state index in [1.165, 1.54) is 218 Å². The lowest BCUT2D eigenvalue weighted by Gasteiger charge is -2.18. The first-order chi connectivity index (χ1) is 35.0. The van der Waals surface area contributed by atoms with Crippen LogP contribution in [-0.4, -0.2) is 37.2 Å². The van der Waals surface area contributed by atoms with Crippen molar-refractivity contribution in [2.45, 2.75) is 335 Å². The Morgan fingerprint density at radius 3 is 0.803 bits per heavy atom. The van der Waals surface area contributed by atoms with E-state index in [0.29, 0.717) is 19.3 Å². The van der Waals surface area contributed by atoms with Gasteiger partial charge in [-0.25, -0.2) is 0 Å². The molecule has 0 rings (SSSR count). The van der Waals surface area contributed by atoms with Gasteiger partial charge in [0.15, 0.2) is 6.10 Å². The highest BCUT2D eigenvalue weighted by Gasteiger charge is 2.19. The second-order valence-electron chi connectivity index (χ2n) is 21.0. The summed E-state index contributed by atoms with van der Waals surface area (Å²) in [5.74, 6) is -0.861. The number of allylic oxidation sites excluding steroid dienone is 8. The maximum absolute atomic E-state index is 12.9. The summed E-state index contributed by atoms with van der Waals surface area (Å²) in [5.41, 5.74) is 0. The molecule has 0 bridgehead atoms. The largest absolute Gasteiger partial charge is 0.462 e. The van der Waals surface area contributed by atoms with E-state index >= 15 is 0 Å². The smallest absolute Gasteiger partial charge is 0.306 e. The lowest BCUT2D eigenvalue weighted by Crippen LogP contribution is -2.30. The maximum atomic E-state index is 12.9. The standard InChI is InChI=1S/C65H118O6/c1-4-7-10-13-16-19-22-25-28-30-32-34-37-40-43-46-49-52-55-58-64(67)70-61-62(60-69-63(66)57-54-51-48-45-42-39-36-27-24-21-18-15-12-9-6-3)71-65(68)59-56-53-50-47-44-41-38-35-33-31-29-26-23-20-17-14-11-8-5-2/h16-17,19-20,25-26,28-29,62H,4-15,18,21-24,27,30-61H2,1-3H3/b19-16-,20-17-,28-25-,29-26-. The van der Waals surface area contributed by atoms with Crippen molar-refractivity contribution >= 4 is 17.9 Å². The summed E-state index contributed by atoms with van der Waals surface area (Å²) in [5, 5.41) is 0. The first kappa shape index (κ1) is 68.4. The third-order valence-electron chi connectivity index (χ3n) is 13.8. The number of hydrogen-bond donors (Lipinski definition) is 0. The van der Waals surface area contributed by atoms with Gasteiger partial charge in [-0.1, -0.05) is 275 Å². The molecule has 0 fully saturated rings. The predicted molar refractivity (Wildman–Crippen MR) is 307 cm³/mol. The molecule has 0 N–H and O–H groups in total. The van der Waals surface area contributed by atoms with Gasteiger partial charge in [0.2, 0.25) is 0 Å². The molecule has 71 heavy (non-hydrogen) atoms. The minimum atomic E-state index is -0.776. The third kappa shape index (κ3) is 58.1. The summed E-state index contributed by atoms with van der Waals surface area (Å²) in [6.45, 7) is 6.63. The summed E-state index contributed by atoms with van der Waals surface area (Å²) in [6.07, 6.45) is 73.8. The molecular weight excluding hydrogens is 877 g/mol. The fraction of sp³-hybridized carbons (Fsp3) is 0.831. The highest BCUT2D eigenvalue weighted by molar-refractivity contribution is 5.71. The van der Waals surface area contributed by atoms with Crippen LogP contribution >= 0.6 is 0 Å². The van der Waals surface area contributed by atoms with Crippen LogP contribution in [0.1, 0.15) is 329 Å². The van der Waals surface area contributed by atoms with Crippen molar-refractivity contribution in [1.82, 2.24) is 0 Å². The Balaban J connectivity index is 4.35. The number of unbranched alkanes of at least 4 members (excludes halogenated alkanes) is 38. The normalized spacial score (nSPS) is 12.3. The van der Waals surface area contributed by atoms with Gasteiger partial charge in [0.1, 0.15) is 13.2 Å². The third-order valence-corrected chi connectivity index (χ3v) is 13.8. The second-order valence-corrected chi connectivity index (χ2v) is 21.0. The van der Waals surface area contributed by atoms with Gasteiger partial charge in [-0.3, -0.25) is 14.4 Å².